The lowest BCUT2D eigenvalue weighted by molar-refractivity contribution is 0.795. The summed E-state index contributed by atoms with van der Waals surface area (Å²) in [7, 11) is 0. The van der Waals surface area contributed by atoms with E-state index in [2.05, 4.69) is 59.3 Å². The van der Waals surface area contributed by atoms with Crippen LogP contribution < -0.4 is 0 Å². The second kappa shape index (κ2) is 4.80. The van der Waals surface area contributed by atoms with Crippen molar-refractivity contribution in [2.45, 2.75) is 26.2 Å². The summed E-state index contributed by atoms with van der Waals surface area (Å²) in [5.41, 5.74) is 1.43. The molecule has 0 bridgehead atoms. The third-order valence-corrected chi connectivity index (χ3v) is 3.35. The molecule has 0 fully saturated rings. The van der Waals surface area contributed by atoms with Crippen molar-refractivity contribution in [3.05, 3.63) is 46.4 Å². The average Bonchev–Trinajstić information content (AvgIpc) is 2.26. The van der Waals surface area contributed by atoms with Crippen LogP contribution in [0.15, 0.2) is 40.9 Å². The summed E-state index contributed by atoms with van der Waals surface area (Å²) in [5, 5.41) is 2.63. The molecule has 1 heteroatoms. The van der Waals surface area contributed by atoms with Gasteiger partial charge in [0.15, 0.2) is 0 Å². The Morgan fingerprint density at radius 2 is 1.93 bits per heavy atom. The fraction of sp³-hybridized carbons (Fsp3) is 0.286. The first-order chi connectivity index (χ1) is 7.31. The second-order valence-electron chi connectivity index (χ2n) is 3.90. The van der Waals surface area contributed by atoms with Gasteiger partial charge in [-0.25, -0.2) is 0 Å². The summed E-state index contributed by atoms with van der Waals surface area (Å²) in [6.45, 7) is 2.23. The first-order valence-corrected chi connectivity index (χ1v) is 6.27. The van der Waals surface area contributed by atoms with Crippen LogP contribution in [0.1, 0.15) is 25.3 Å². The van der Waals surface area contributed by atoms with Gasteiger partial charge in [-0.2, -0.15) is 0 Å². The van der Waals surface area contributed by atoms with Gasteiger partial charge < -0.3 is 0 Å². The highest BCUT2D eigenvalue weighted by Gasteiger charge is 2.00. The topological polar surface area (TPSA) is 0 Å². The van der Waals surface area contributed by atoms with Crippen molar-refractivity contribution in [1.29, 1.82) is 0 Å². The Morgan fingerprint density at radius 3 is 2.73 bits per heavy atom. The molecule has 15 heavy (non-hydrogen) atoms. The van der Waals surface area contributed by atoms with Crippen molar-refractivity contribution in [3.8, 4) is 0 Å². The molecule has 2 aromatic carbocycles. The van der Waals surface area contributed by atoms with Gasteiger partial charge in [-0.05, 0) is 35.2 Å². The van der Waals surface area contributed by atoms with Crippen LogP contribution in [-0.4, -0.2) is 0 Å². The quantitative estimate of drug-likeness (QED) is 0.735. The molecule has 0 saturated heterocycles. The maximum Gasteiger partial charge on any atom is 0.0256 e. The van der Waals surface area contributed by atoms with Crippen LogP contribution in [0.3, 0.4) is 0 Å². The number of fused-ring (bicyclic) bond motifs is 1. The van der Waals surface area contributed by atoms with E-state index >= 15 is 0 Å². The van der Waals surface area contributed by atoms with Crippen LogP contribution in [0.4, 0.5) is 0 Å². The predicted molar refractivity (Wildman–Crippen MR) is 70.3 cm³/mol. The van der Waals surface area contributed by atoms with Crippen LogP contribution in [0.25, 0.3) is 10.8 Å². The van der Waals surface area contributed by atoms with Gasteiger partial charge in [0.05, 0.1) is 0 Å². The lowest BCUT2D eigenvalue weighted by Crippen LogP contribution is -1.86. The summed E-state index contributed by atoms with van der Waals surface area (Å²) < 4.78 is 1.21. The monoisotopic (exact) mass is 262 g/mol. The Morgan fingerprint density at radius 1 is 1.13 bits per heavy atom. The van der Waals surface area contributed by atoms with Crippen molar-refractivity contribution in [1.82, 2.24) is 0 Å². The molecule has 0 aromatic heterocycles. The number of hydrogen-bond donors (Lipinski definition) is 0. The van der Waals surface area contributed by atoms with Crippen LogP contribution in [0.5, 0.6) is 0 Å². The molecule has 0 aliphatic rings. The molecule has 0 aliphatic carbocycles. The van der Waals surface area contributed by atoms with Crippen LogP contribution >= 0.6 is 15.9 Å². The zero-order valence-electron chi connectivity index (χ0n) is 8.96. The van der Waals surface area contributed by atoms with E-state index in [-0.39, 0.29) is 0 Å². The molecular weight excluding hydrogens is 248 g/mol. The second-order valence-corrected chi connectivity index (χ2v) is 4.76. The van der Waals surface area contributed by atoms with Crippen LogP contribution in [0.2, 0.25) is 0 Å². The summed E-state index contributed by atoms with van der Waals surface area (Å²) >= 11 is 3.64. The normalized spacial score (nSPS) is 10.8. The van der Waals surface area contributed by atoms with E-state index in [0.717, 1.165) is 0 Å². The molecule has 0 saturated carbocycles. The maximum atomic E-state index is 3.64. The first kappa shape index (κ1) is 10.7. The summed E-state index contributed by atoms with van der Waals surface area (Å²) in [4.78, 5) is 0. The molecule has 0 spiro atoms. The van der Waals surface area contributed by atoms with E-state index in [4.69, 9.17) is 0 Å². The van der Waals surface area contributed by atoms with Crippen molar-refractivity contribution in [2.24, 2.45) is 0 Å². The molecule has 2 aromatic rings. The van der Waals surface area contributed by atoms with Crippen LogP contribution in [-0.2, 0) is 6.42 Å². The molecule has 0 radical (unpaired) electrons. The van der Waals surface area contributed by atoms with Crippen molar-refractivity contribution < 1.29 is 0 Å². The van der Waals surface area contributed by atoms with Crippen LogP contribution in [0, 0.1) is 0 Å². The highest BCUT2D eigenvalue weighted by atomic mass is 79.9. The predicted octanol–water partition coefficient (Wildman–Crippen LogP) is 4.94. The molecule has 0 atom stereocenters. The molecule has 0 heterocycles. The Labute approximate surface area is 99.4 Å². The van der Waals surface area contributed by atoms with Gasteiger partial charge in [0, 0.05) is 4.47 Å². The SMILES string of the molecule is CCCCc1cc(Br)c2ccccc2c1. The highest BCUT2D eigenvalue weighted by Crippen LogP contribution is 2.26. The van der Waals surface area contributed by atoms with E-state index in [9.17, 15) is 0 Å². The Balaban J connectivity index is 2.43. The van der Waals surface area contributed by atoms with Gasteiger partial charge >= 0.3 is 0 Å². The summed E-state index contributed by atoms with van der Waals surface area (Å²) in [6, 6.07) is 13.1. The van der Waals surface area contributed by atoms with Gasteiger partial charge in [0.1, 0.15) is 0 Å². The lowest BCUT2D eigenvalue weighted by atomic mass is 10.0. The van der Waals surface area contributed by atoms with Gasteiger partial charge in [-0.1, -0.05) is 59.6 Å². The highest BCUT2D eigenvalue weighted by molar-refractivity contribution is 9.10. The van der Waals surface area contributed by atoms with E-state index in [1.165, 1.54) is 40.1 Å². The minimum absolute atomic E-state index is 1.18. The number of halogens is 1. The average molecular weight is 263 g/mol. The van der Waals surface area contributed by atoms with Crippen molar-refractivity contribution in [3.63, 3.8) is 0 Å². The van der Waals surface area contributed by atoms with Gasteiger partial charge in [0.25, 0.3) is 0 Å². The number of aryl methyl sites for hydroxylation is 1. The molecule has 0 N–H and O–H groups in total. The maximum absolute atomic E-state index is 3.64. The van der Waals surface area contributed by atoms with E-state index < -0.39 is 0 Å². The molecule has 78 valence electrons. The minimum atomic E-state index is 1.18. The smallest absolute Gasteiger partial charge is 0.0256 e. The summed E-state index contributed by atoms with van der Waals surface area (Å²) in [5.74, 6) is 0. The molecule has 0 unspecified atom stereocenters. The number of unbranched alkanes of at least 4 members (excludes halogenated alkanes) is 1. The van der Waals surface area contributed by atoms with E-state index in [1.54, 1.807) is 0 Å². The number of rotatable bonds is 3. The van der Waals surface area contributed by atoms with Gasteiger partial charge in [-0.15, -0.1) is 0 Å². The molecule has 0 nitrogen and oxygen atoms in total. The molecule has 0 aliphatic heterocycles. The van der Waals surface area contributed by atoms with Crippen molar-refractivity contribution >= 4 is 26.7 Å². The fourth-order valence-electron chi connectivity index (χ4n) is 1.85. The number of benzene rings is 2. The fourth-order valence-corrected chi connectivity index (χ4v) is 2.50. The third kappa shape index (κ3) is 2.40. The van der Waals surface area contributed by atoms with E-state index in [1.807, 2.05) is 0 Å². The van der Waals surface area contributed by atoms with Gasteiger partial charge in [-0.3, -0.25) is 0 Å². The Bertz CT molecular complexity index is 460. The lowest BCUT2D eigenvalue weighted by Gasteiger charge is -2.05. The molecular formula is C14H15Br. The zero-order chi connectivity index (χ0) is 10.7. The van der Waals surface area contributed by atoms with Gasteiger partial charge in [0.2, 0.25) is 0 Å². The summed E-state index contributed by atoms with van der Waals surface area (Å²) in [6.07, 6.45) is 3.70. The Hall–Kier alpha value is -0.820. The Kier molecular flexibility index (Phi) is 3.42. The number of hydrogen-bond acceptors (Lipinski definition) is 0. The van der Waals surface area contributed by atoms with E-state index in [0.29, 0.717) is 0 Å². The minimum Gasteiger partial charge on any atom is -0.0654 e. The zero-order valence-corrected chi connectivity index (χ0v) is 10.5. The first-order valence-electron chi connectivity index (χ1n) is 5.48. The third-order valence-electron chi connectivity index (χ3n) is 2.69. The standard InChI is InChI=1S/C14H15Br/c1-2-3-6-11-9-12-7-4-5-8-13(12)14(15)10-11/h4-5,7-10H,2-3,6H2,1H3. The molecule has 2 rings (SSSR count). The molecule has 0 amide bonds. The van der Waals surface area contributed by atoms with Crippen molar-refractivity contribution in [2.75, 3.05) is 0 Å². The largest absolute Gasteiger partial charge is 0.0654 e.